The number of nitrogens with zero attached hydrogens (tertiary/aromatic N) is 1. The second-order valence-corrected chi connectivity index (χ2v) is 7.41. The molecule has 0 aliphatic heterocycles. The molecule has 31 heavy (non-hydrogen) atoms. The molecular weight excluding hydrogens is 402 g/mol. The number of rotatable bonds is 13. The van der Waals surface area contributed by atoms with Gasteiger partial charge in [-0.3, -0.25) is 24.0 Å². The Labute approximate surface area is 182 Å². The maximum absolute atomic E-state index is 12.6. The lowest BCUT2D eigenvalue weighted by molar-refractivity contribution is -0.139. The number of likely N-dealkylation sites (N-methyl/N-ethyl adjacent to an activating group) is 2. The van der Waals surface area contributed by atoms with E-state index in [1.807, 2.05) is 30.3 Å². The SMILES string of the molecule is CNC(=O)[C@H](Cc1ccccc1)N(C)C(=O)CNC(=O)[C@H](C)CCC(=O)CCC(=O)O. The Morgan fingerprint density at radius 1 is 1.00 bits per heavy atom. The lowest BCUT2D eigenvalue weighted by Gasteiger charge is -2.27. The summed E-state index contributed by atoms with van der Waals surface area (Å²) in [6.07, 6.45) is 0.422. The number of carbonyl (C=O) groups is 5. The van der Waals surface area contributed by atoms with E-state index in [-0.39, 0.29) is 49.8 Å². The third kappa shape index (κ3) is 9.41. The van der Waals surface area contributed by atoms with Crippen molar-refractivity contribution in [2.75, 3.05) is 20.6 Å². The summed E-state index contributed by atoms with van der Waals surface area (Å²) in [5.41, 5.74) is 0.904. The molecule has 1 aromatic carbocycles. The smallest absolute Gasteiger partial charge is 0.303 e. The van der Waals surface area contributed by atoms with E-state index in [9.17, 15) is 24.0 Å². The van der Waals surface area contributed by atoms with Gasteiger partial charge >= 0.3 is 5.97 Å². The van der Waals surface area contributed by atoms with Gasteiger partial charge in [-0.1, -0.05) is 37.3 Å². The minimum Gasteiger partial charge on any atom is -0.481 e. The van der Waals surface area contributed by atoms with Gasteiger partial charge in [0.05, 0.1) is 13.0 Å². The minimum atomic E-state index is -1.04. The fraction of sp³-hybridized carbons (Fsp3) is 0.500. The summed E-state index contributed by atoms with van der Waals surface area (Å²) >= 11 is 0. The van der Waals surface area contributed by atoms with Crippen molar-refractivity contribution in [2.45, 2.75) is 45.1 Å². The summed E-state index contributed by atoms with van der Waals surface area (Å²) in [6, 6.07) is 8.59. The second kappa shape index (κ2) is 13.1. The van der Waals surface area contributed by atoms with Gasteiger partial charge in [-0.25, -0.2) is 0 Å². The number of benzene rings is 1. The molecule has 2 atom stereocenters. The van der Waals surface area contributed by atoms with E-state index in [2.05, 4.69) is 10.6 Å². The number of nitrogens with one attached hydrogen (secondary N) is 2. The van der Waals surface area contributed by atoms with Crippen molar-refractivity contribution >= 4 is 29.5 Å². The molecule has 1 aromatic rings. The topological polar surface area (TPSA) is 133 Å². The molecule has 0 bridgehead atoms. The van der Waals surface area contributed by atoms with Gasteiger partial charge in [-0.2, -0.15) is 0 Å². The maximum atomic E-state index is 12.6. The number of Topliss-reactive ketones (excluding diaryl/α,β-unsaturated/α-hetero) is 1. The van der Waals surface area contributed by atoms with E-state index in [0.717, 1.165) is 5.56 Å². The van der Waals surface area contributed by atoms with Crippen LogP contribution in [0.15, 0.2) is 30.3 Å². The first kappa shape index (κ1) is 25.8. The molecule has 3 N–H and O–H groups in total. The van der Waals surface area contributed by atoms with Crippen molar-refractivity contribution in [1.29, 1.82) is 0 Å². The van der Waals surface area contributed by atoms with Crippen LogP contribution in [0.1, 0.15) is 38.2 Å². The molecule has 0 radical (unpaired) electrons. The number of aliphatic carboxylic acids is 1. The van der Waals surface area contributed by atoms with Crippen LogP contribution in [-0.4, -0.2) is 66.2 Å². The number of amides is 3. The van der Waals surface area contributed by atoms with Crippen LogP contribution in [0.3, 0.4) is 0 Å². The molecule has 0 unspecified atom stereocenters. The third-order valence-electron chi connectivity index (χ3n) is 5.02. The van der Waals surface area contributed by atoms with E-state index < -0.39 is 23.8 Å². The van der Waals surface area contributed by atoms with Crippen LogP contribution in [0.25, 0.3) is 0 Å². The van der Waals surface area contributed by atoms with Gasteiger partial charge in [-0.15, -0.1) is 0 Å². The molecule has 0 fully saturated rings. The number of carboxylic acids is 1. The quantitative estimate of drug-likeness (QED) is 0.421. The normalized spacial score (nSPS) is 12.4. The van der Waals surface area contributed by atoms with E-state index in [0.29, 0.717) is 6.42 Å². The highest BCUT2D eigenvalue weighted by atomic mass is 16.4. The fourth-order valence-electron chi connectivity index (χ4n) is 2.92. The zero-order valence-corrected chi connectivity index (χ0v) is 18.2. The summed E-state index contributed by atoms with van der Waals surface area (Å²) in [5.74, 6) is -2.86. The average Bonchev–Trinajstić information content (AvgIpc) is 2.77. The molecule has 3 amide bonds. The Kier molecular flexibility index (Phi) is 10.9. The van der Waals surface area contributed by atoms with E-state index in [1.54, 1.807) is 6.92 Å². The highest BCUT2D eigenvalue weighted by molar-refractivity contribution is 5.90. The molecule has 0 aliphatic carbocycles. The maximum Gasteiger partial charge on any atom is 0.303 e. The predicted octanol–water partition coefficient (Wildman–Crippen LogP) is 0.769. The Bertz CT molecular complexity index is 781. The Morgan fingerprint density at radius 3 is 2.23 bits per heavy atom. The lowest BCUT2D eigenvalue weighted by atomic mass is 10.0. The summed E-state index contributed by atoms with van der Waals surface area (Å²) < 4.78 is 0. The molecule has 9 heteroatoms. The number of carboxylic acid groups (broad SMARTS) is 1. The van der Waals surface area contributed by atoms with Crippen molar-refractivity contribution in [1.82, 2.24) is 15.5 Å². The fourth-order valence-corrected chi connectivity index (χ4v) is 2.92. The van der Waals surface area contributed by atoms with Gasteiger partial charge in [0.25, 0.3) is 0 Å². The number of ketones is 1. The second-order valence-electron chi connectivity index (χ2n) is 7.41. The predicted molar refractivity (Wildman–Crippen MR) is 114 cm³/mol. The molecule has 0 saturated heterocycles. The monoisotopic (exact) mass is 433 g/mol. The summed E-state index contributed by atoms with van der Waals surface area (Å²) in [7, 11) is 3.02. The number of hydrogen-bond donors (Lipinski definition) is 3. The van der Waals surface area contributed by atoms with Gasteiger partial charge in [0.1, 0.15) is 11.8 Å². The van der Waals surface area contributed by atoms with Crippen molar-refractivity contribution in [3.63, 3.8) is 0 Å². The Morgan fingerprint density at radius 2 is 1.65 bits per heavy atom. The van der Waals surface area contributed by atoms with Crippen LogP contribution in [-0.2, 0) is 30.4 Å². The molecular formula is C22H31N3O6. The standard InChI is InChI=1S/C22H31N3O6/c1-15(9-10-17(26)11-12-20(28)29)21(30)24-14-19(27)25(3)18(22(31)23-2)13-16-7-5-4-6-8-16/h4-8,15,18H,9-14H2,1-3H3,(H,23,31)(H,24,30)(H,28,29)/t15-,18+/m1/s1. The van der Waals surface area contributed by atoms with E-state index in [4.69, 9.17) is 5.11 Å². The van der Waals surface area contributed by atoms with Gasteiger partial charge in [-0.05, 0) is 12.0 Å². The molecule has 0 heterocycles. The van der Waals surface area contributed by atoms with Crippen LogP contribution in [0.5, 0.6) is 0 Å². The van der Waals surface area contributed by atoms with Crippen LogP contribution in [0, 0.1) is 5.92 Å². The minimum absolute atomic E-state index is 0.0603. The molecule has 0 aliphatic rings. The van der Waals surface area contributed by atoms with Gasteiger partial charge in [0, 0.05) is 39.3 Å². The third-order valence-corrected chi connectivity index (χ3v) is 5.02. The van der Waals surface area contributed by atoms with Gasteiger partial charge in [0.15, 0.2) is 0 Å². The lowest BCUT2D eigenvalue weighted by Crippen LogP contribution is -2.51. The molecule has 1 rings (SSSR count). The molecule has 9 nitrogen and oxygen atoms in total. The first-order valence-electron chi connectivity index (χ1n) is 10.2. The number of carbonyl (C=O) groups excluding carboxylic acids is 4. The Balaban J connectivity index is 2.55. The van der Waals surface area contributed by atoms with Crippen molar-refractivity contribution in [3.8, 4) is 0 Å². The van der Waals surface area contributed by atoms with Gasteiger partial charge < -0.3 is 20.6 Å². The highest BCUT2D eigenvalue weighted by Crippen LogP contribution is 2.10. The van der Waals surface area contributed by atoms with Crippen molar-refractivity contribution in [2.24, 2.45) is 5.92 Å². The molecule has 170 valence electrons. The van der Waals surface area contributed by atoms with Crippen LogP contribution >= 0.6 is 0 Å². The highest BCUT2D eigenvalue weighted by Gasteiger charge is 2.27. The first-order valence-corrected chi connectivity index (χ1v) is 10.2. The van der Waals surface area contributed by atoms with Crippen molar-refractivity contribution < 1.29 is 29.1 Å². The summed E-state index contributed by atoms with van der Waals surface area (Å²) in [6.45, 7) is 1.37. The molecule has 0 aromatic heterocycles. The number of hydrogen-bond acceptors (Lipinski definition) is 5. The first-order chi connectivity index (χ1) is 14.6. The van der Waals surface area contributed by atoms with Crippen LogP contribution in [0.4, 0.5) is 0 Å². The zero-order valence-electron chi connectivity index (χ0n) is 18.2. The van der Waals surface area contributed by atoms with Crippen LogP contribution in [0.2, 0.25) is 0 Å². The largest absolute Gasteiger partial charge is 0.481 e. The zero-order chi connectivity index (χ0) is 23.4. The van der Waals surface area contributed by atoms with Crippen molar-refractivity contribution in [3.05, 3.63) is 35.9 Å². The van der Waals surface area contributed by atoms with E-state index >= 15 is 0 Å². The molecule has 0 saturated carbocycles. The Hall–Kier alpha value is -3.23. The van der Waals surface area contributed by atoms with E-state index in [1.165, 1.54) is 19.0 Å². The molecule has 0 spiro atoms. The van der Waals surface area contributed by atoms with Crippen LogP contribution < -0.4 is 10.6 Å². The summed E-state index contributed by atoms with van der Waals surface area (Å²) in [5, 5.41) is 13.7. The summed E-state index contributed by atoms with van der Waals surface area (Å²) in [4.78, 5) is 60.5. The van der Waals surface area contributed by atoms with Gasteiger partial charge in [0.2, 0.25) is 17.7 Å². The average molecular weight is 434 g/mol.